The van der Waals surface area contributed by atoms with E-state index >= 15 is 0 Å². The highest BCUT2D eigenvalue weighted by Crippen LogP contribution is 2.15. The van der Waals surface area contributed by atoms with Crippen LogP contribution in [0.25, 0.3) is 0 Å². The lowest BCUT2D eigenvalue weighted by atomic mass is 10.3. The lowest BCUT2D eigenvalue weighted by Crippen LogP contribution is -2.34. The van der Waals surface area contributed by atoms with Gasteiger partial charge in [0.25, 0.3) is 0 Å². The molecule has 3 heterocycles. The van der Waals surface area contributed by atoms with Gasteiger partial charge in [0.2, 0.25) is 5.95 Å². The fourth-order valence-electron chi connectivity index (χ4n) is 2.16. The number of hydrogen-bond donors (Lipinski definition) is 1. The topological polar surface area (TPSA) is 71.8 Å². The van der Waals surface area contributed by atoms with Crippen LogP contribution in [0.2, 0.25) is 0 Å². The van der Waals surface area contributed by atoms with Gasteiger partial charge in [-0.2, -0.15) is 0 Å². The lowest BCUT2D eigenvalue weighted by Gasteiger charge is -2.26. The molecule has 0 saturated heterocycles. The molecule has 1 aliphatic rings. The second-order valence-electron chi connectivity index (χ2n) is 5.29. The molecular formula is C13H19N7. The predicted octanol–water partition coefficient (Wildman–Crippen LogP) is 0.586. The second kappa shape index (κ2) is 5.54. The summed E-state index contributed by atoms with van der Waals surface area (Å²) < 4.78 is 2.07. The number of nitrogens with one attached hydrogen (secondary N) is 1. The van der Waals surface area contributed by atoms with Crippen molar-refractivity contribution in [2.75, 3.05) is 11.4 Å². The van der Waals surface area contributed by atoms with Gasteiger partial charge in [-0.3, -0.25) is 0 Å². The van der Waals surface area contributed by atoms with Crippen LogP contribution in [0.5, 0.6) is 0 Å². The number of aromatic nitrogens is 5. The first-order chi connectivity index (χ1) is 9.72. The van der Waals surface area contributed by atoms with Gasteiger partial charge in [0.05, 0.1) is 6.54 Å². The summed E-state index contributed by atoms with van der Waals surface area (Å²) in [5, 5.41) is 11.4. The Labute approximate surface area is 118 Å². The molecule has 0 spiro atoms. The van der Waals surface area contributed by atoms with Crippen molar-refractivity contribution in [3.63, 3.8) is 0 Å². The summed E-state index contributed by atoms with van der Waals surface area (Å²) in [7, 11) is 0. The third kappa shape index (κ3) is 2.77. The predicted molar refractivity (Wildman–Crippen MR) is 75.1 cm³/mol. The number of anilines is 1. The van der Waals surface area contributed by atoms with Crippen LogP contribution in [0, 0.1) is 0 Å². The molecule has 0 bridgehead atoms. The first kappa shape index (κ1) is 13.0. The molecule has 0 unspecified atom stereocenters. The van der Waals surface area contributed by atoms with Crippen molar-refractivity contribution in [3.05, 3.63) is 30.1 Å². The Morgan fingerprint density at radius 3 is 2.80 bits per heavy atom. The number of hydrogen-bond acceptors (Lipinski definition) is 6. The summed E-state index contributed by atoms with van der Waals surface area (Å²) in [5.74, 6) is 1.72. The highest BCUT2D eigenvalue weighted by atomic mass is 15.3. The van der Waals surface area contributed by atoms with E-state index in [-0.39, 0.29) is 0 Å². The Hall–Kier alpha value is -2.02. The molecule has 1 aliphatic heterocycles. The molecule has 0 fully saturated rings. The van der Waals surface area contributed by atoms with E-state index in [2.05, 4.69) is 48.8 Å². The summed E-state index contributed by atoms with van der Waals surface area (Å²) in [6, 6.07) is 0.461. The third-order valence-electron chi connectivity index (χ3n) is 3.33. The van der Waals surface area contributed by atoms with Gasteiger partial charge in [-0.1, -0.05) is 13.8 Å². The third-order valence-corrected chi connectivity index (χ3v) is 3.33. The molecule has 20 heavy (non-hydrogen) atoms. The number of nitrogens with zero attached hydrogens (tertiary/aromatic N) is 6. The molecule has 0 aliphatic carbocycles. The fourth-order valence-corrected chi connectivity index (χ4v) is 2.16. The molecule has 3 rings (SSSR count). The Balaban J connectivity index is 1.66. The summed E-state index contributed by atoms with van der Waals surface area (Å²) in [6.45, 7) is 7.52. The molecular weight excluding hydrogens is 254 g/mol. The van der Waals surface area contributed by atoms with Crippen molar-refractivity contribution < 1.29 is 0 Å². The maximum atomic E-state index is 4.45. The molecule has 0 amide bonds. The molecule has 2 aromatic rings. The van der Waals surface area contributed by atoms with E-state index in [0.717, 1.165) is 37.0 Å². The van der Waals surface area contributed by atoms with Crippen molar-refractivity contribution in [3.8, 4) is 0 Å². The van der Waals surface area contributed by atoms with Crippen LogP contribution in [-0.2, 0) is 19.6 Å². The zero-order valence-electron chi connectivity index (χ0n) is 11.8. The molecule has 0 aromatic carbocycles. The Morgan fingerprint density at radius 2 is 2.05 bits per heavy atom. The van der Waals surface area contributed by atoms with Crippen LogP contribution >= 0.6 is 0 Å². The molecule has 7 nitrogen and oxygen atoms in total. The Morgan fingerprint density at radius 1 is 1.25 bits per heavy atom. The minimum Gasteiger partial charge on any atom is -0.331 e. The van der Waals surface area contributed by atoms with Crippen LogP contribution in [0.1, 0.15) is 25.2 Å². The largest absolute Gasteiger partial charge is 0.331 e. The standard InChI is InChI=1S/C13H19N7/c1-10(2)14-5-11-6-15-13(16-7-11)19-3-4-20-9-17-18-12(20)8-19/h6-7,9-10,14H,3-5,8H2,1-2H3. The van der Waals surface area contributed by atoms with Crippen LogP contribution in [0.3, 0.4) is 0 Å². The van der Waals surface area contributed by atoms with Gasteiger partial charge in [0, 0.05) is 43.6 Å². The van der Waals surface area contributed by atoms with Crippen molar-refractivity contribution in [2.24, 2.45) is 0 Å². The first-order valence-electron chi connectivity index (χ1n) is 6.88. The van der Waals surface area contributed by atoms with Crippen LogP contribution < -0.4 is 10.2 Å². The maximum absolute atomic E-state index is 4.45. The van der Waals surface area contributed by atoms with Crippen LogP contribution in [-0.4, -0.2) is 37.3 Å². The van der Waals surface area contributed by atoms with E-state index in [1.165, 1.54) is 0 Å². The second-order valence-corrected chi connectivity index (χ2v) is 5.29. The average Bonchev–Trinajstić information content (AvgIpc) is 2.93. The zero-order valence-corrected chi connectivity index (χ0v) is 11.8. The first-order valence-corrected chi connectivity index (χ1v) is 6.88. The normalized spacial score (nSPS) is 14.7. The highest BCUT2D eigenvalue weighted by molar-refractivity contribution is 5.31. The van der Waals surface area contributed by atoms with E-state index in [0.29, 0.717) is 12.6 Å². The monoisotopic (exact) mass is 273 g/mol. The van der Waals surface area contributed by atoms with Gasteiger partial charge in [-0.15, -0.1) is 10.2 Å². The Kier molecular flexibility index (Phi) is 3.60. The molecule has 7 heteroatoms. The van der Waals surface area contributed by atoms with E-state index in [1.54, 1.807) is 6.33 Å². The molecule has 1 N–H and O–H groups in total. The fraction of sp³-hybridized carbons (Fsp3) is 0.538. The van der Waals surface area contributed by atoms with Gasteiger partial charge >= 0.3 is 0 Å². The van der Waals surface area contributed by atoms with Crippen molar-refractivity contribution in [1.29, 1.82) is 0 Å². The van der Waals surface area contributed by atoms with E-state index in [1.807, 2.05) is 12.4 Å². The highest BCUT2D eigenvalue weighted by Gasteiger charge is 2.19. The molecule has 0 saturated carbocycles. The van der Waals surface area contributed by atoms with Crippen LogP contribution in [0.4, 0.5) is 5.95 Å². The van der Waals surface area contributed by atoms with Crippen molar-refractivity contribution in [2.45, 2.75) is 39.5 Å². The number of fused-ring (bicyclic) bond motifs is 1. The smallest absolute Gasteiger partial charge is 0.225 e. The minimum atomic E-state index is 0.461. The van der Waals surface area contributed by atoms with Gasteiger partial charge in [-0.25, -0.2) is 9.97 Å². The van der Waals surface area contributed by atoms with Crippen molar-refractivity contribution >= 4 is 5.95 Å². The van der Waals surface area contributed by atoms with E-state index < -0.39 is 0 Å². The van der Waals surface area contributed by atoms with Crippen LogP contribution in [0.15, 0.2) is 18.7 Å². The summed E-state index contributed by atoms with van der Waals surface area (Å²) in [5.41, 5.74) is 1.10. The maximum Gasteiger partial charge on any atom is 0.225 e. The van der Waals surface area contributed by atoms with Gasteiger partial charge in [0.1, 0.15) is 6.33 Å². The quantitative estimate of drug-likeness (QED) is 0.879. The van der Waals surface area contributed by atoms with Gasteiger partial charge in [0.15, 0.2) is 5.82 Å². The van der Waals surface area contributed by atoms with E-state index in [9.17, 15) is 0 Å². The van der Waals surface area contributed by atoms with E-state index in [4.69, 9.17) is 0 Å². The van der Waals surface area contributed by atoms with Crippen molar-refractivity contribution in [1.82, 2.24) is 30.0 Å². The van der Waals surface area contributed by atoms with Gasteiger partial charge < -0.3 is 14.8 Å². The SMILES string of the molecule is CC(C)NCc1cnc(N2CCn3cnnc3C2)nc1. The lowest BCUT2D eigenvalue weighted by molar-refractivity contribution is 0.550. The molecule has 106 valence electrons. The molecule has 0 radical (unpaired) electrons. The Bertz CT molecular complexity index is 560. The molecule has 0 atom stereocenters. The minimum absolute atomic E-state index is 0.461. The summed E-state index contributed by atoms with van der Waals surface area (Å²) >= 11 is 0. The average molecular weight is 273 g/mol. The molecule has 2 aromatic heterocycles. The zero-order chi connectivity index (χ0) is 13.9. The summed E-state index contributed by atoms with van der Waals surface area (Å²) in [4.78, 5) is 11.0. The number of rotatable bonds is 4. The summed E-state index contributed by atoms with van der Waals surface area (Å²) in [6.07, 6.45) is 5.54. The van der Waals surface area contributed by atoms with Gasteiger partial charge in [-0.05, 0) is 0 Å².